The van der Waals surface area contributed by atoms with Crippen LogP contribution in [-0.2, 0) is 6.42 Å². The Labute approximate surface area is 123 Å². The van der Waals surface area contributed by atoms with E-state index in [4.69, 9.17) is 0 Å². The highest BCUT2D eigenvalue weighted by Crippen LogP contribution is 2.32. The molecule has 3 heteroatoms. The molecule has 1 saturated heterocycles. The van der Waals surface area contributed by atoms with E-state index >= 15 is 0 Å². The predicted molar refractivity (Wildman–Crippen MR) is 86.7 cm³/mol. The second kappa shape index (κ2) is 5.28. The van der Waals surface area contributed by atoms with Gasteiger partial charge in [-0.15, -0.1) is 0 Å². The maximum atomic E-state index is 3.59. The first kappa shape index (κ1) is 13.7. The first-order valence-corrected chi connectivity index (χ1v) is 7.85. The molecule has 2 heterocycles. The molecule has 0 spiro atoms. The molecule has 3 rings (SSSR count). The molecule has 1 fully saturated rings. The Morgan fingerprint density at radius 3 is 2.70 bits per heavy atom. The zero-order chi connectivity index (χ0) is 14.3. The molecule has 3 atom stereocenters. The van der Waals surface area contributed by atoms with Crippen molar-refractivity contribution in [2.75, 3.05) is 37.4 Å². The van der Waals surface area contributed by atoms with Gasteiger partial charge < -0.3 is 15.1 Å². The summed E-state index contributed by atoms with van der Waals surface area (Å²) >= 11 is 0. The summed E-state index contributed by atoms with van der Waals surface area (Å²) in [5, 5.41) is 3.59. The first-order valence-electron chi connectivity index (χ1n) is 7.85. The van der Waals surface area contributed by atoms with Crippen LogP contribution in [0, 0.1) is 5.92 Å². The summed E-state index contributed by atoms with van der Waals surface area (Å²) in [5.41, 5.74) is 4.22. The molecule has 110 valence electrons. The minimum Gasteiger partial charge on any atom is -0.382 e. The molecule has 1 aromatic rings. The Hall–Kier alpha value is -1.22. The molecule has 0 amide bonds. The fourth-order valence-electron chi connectivity index (χ4n) is 3.67. The summed E-state index contributed by atoms with van der Waals surface area (Å²) in [5.74, 6) is 0.735. The number of nitrogens with zero attached hydrogens (tertiary/aromatic N) is 2. The van der Waals surface area contributed by atoms with E-state index in [-0.39, 0.29) is 0 Å². The van der Waals surface area contributed by atoms with E-state index in [2.05, 4.69) is 61.3 Å². The van der Waals surface area contributed by atoms with Gasteiger partial charge in [-0.2, -0.15) is 0 Å². The van der Waals surface area contributed by atoms with Crippen LogP contribution < -0.4 is 10.2 Å². The molecule has 1 aromatic carbocycles. The number of likely N-dealkylation sites (N-methyl/N-ethyl adjacent to an activating group) is 1. The van der Waals surface area contributed by atoms with Crippen molar-refractivity contribution in [1.82, 2.24) is 4.90 Å². The lowest BCUT2D eigenvalue weighted by atomic mass is 9.98. The van der Waals surface area contributed by atoms with Gasteiger partial charge in [-0.05, 0) is 63.5 Å². The number of rotatable bonds is 2. The van der Waals surface area contributed by atoms with Crippen LogP contribution in [0.5, 0.6) is 0 Å². The van der Waals surface area contributed by atoms with Crippen LogP contribution in [0.25, 0.3) is 0 Å². The maximum absolute atomic E-state index is 3.59. The van der Waals surface area contributed by atoms with Gasteiger partial charge in [0.05, 0.1) is 0 Å². The molecular formula is C17H27N3. The monoisotopic (exact) mass is 273 g/mol. The van der Waals surface area contributed by atoms with Gasteiger partial charge in [0.1, 0.15) is 0 Å². The largest absolute Gasteiger partial charge is 0.382 e. The van der Waals surface area contributed by atoms with Crippen LogP contribution >= 0.6 is 0 Å². The lowest BCUT2D eigenvalue weighted by Gasteiger charge is -2.27. The fraction of sp³-hybridized carbons (Fsp3) is 0.647. The minimum atomic E-state index is 0.610. The summed E-state index contributed by atoms with van der Waals surface area (Å²) in [7, 11) is 4.39. The standard InChI is InChI=1S/C17H27N3/c1-12-10-20(11-17(12)19(3)4)15-7-8-16-14(9-15)6-5-13(2)18-16/h7-9,12-13,17-18H,5-6,10-11H2,1-4H3. The van der Waals surface area contributed by atoms with Crippen molar-refractivity contribution in [3.05, 3.63) is 23.8 Å². The van der Waals surface area contributed by atoms with E-state index in [1.807, 2.05) is 0 Å². The van der Waals surface area contributed by atoms with E-state index < -0.39 is 0 Å². The molecule has 1 N–H and O–H groups in total. The Morgan fingerprint density at radius 1 is 1.20 bits per heavy atom. The topological polar surface area (TPSA) is 18.5 Å². The van der Waals surface area contributed by atoms with Gasteiger partial charge in [0, 0.05) is 36.5 Å². The molecule has 2 aliphatic heterocycles. The van der Waals surface area contributed by atoms with Crippen LogP contribution in [-0.4, -0.2) is 44.2 Å². The van der Waals surface area contributed by atoms with Crippen molar-refractivity contribution in [1.29, 1.82) is 0 Å². The fourth-order valence-corrected chi connectivity index (χ4v) is 3.67. The Kier molecular flexibility index (Phi) is 3.63. The number of benzene rings is 1. The second-order valence-electron chi connectivity index (χ2n) is 6.84. The van der Waals surface area contributed by atoms with E-state index in [1.54, 1.807) is 0 Å². The number of hydrogen-bond donors (Lipinski definition) is 1. The van der Waals surface area contributed by atoms with Gasteiger partial charge in [0.2, 0.25) is 0 Å². The number of hydrogen-bond acceptors (Lipinski definition) is 3. The summed E-state index contributed by atoms with van der Waals surface area (Å²) in [6.07, 6.45) is 2.45. The molecule has 0 aromatic heterocycles. The predicted octanol–water partition coefficient (Wildman–Crippen LogP) is 2.82. The average Bonchev–Trinajstić information content (AvgIpc) is 2.80. The average molecular weight is 273 g/mol. The van der Waals surface area contributed by atoms with Gasteiger partial charge in [0.25, 0.3) is 0 Å². The van der Waals surface area contributed by atoms with Crippen molar-refractivity contribution < 1.29 is 0 Å². The van der Waals surface area contributed by atoms with Gasteiger partial charge in [-0.1, -0.05) is 6.92 Å². The van der Waals surface area contributed by atoms with E-state index in [0.717, 1.165) is 12.5 Å². The Balaban J connectivity index is 1.79. The van der Waals surface area contributed by atoms with Crippen LogP contribution in [0.4, 0.5) is 11.4 Å². The molecule has 3 unspecified atom stereocenters. The lowest BCUT2D eigenvalue weighted by molar-refractivity contribution is 0.266. The zero-order valence-corrected chi connectivity index (χ0v) is 13.2. The number of aryl methyl sites for hydroxylation is 1. The van der Waals surface area contributed by atoms with Crippen LogP contribution in [0.1, 0.15) is 25.8 Å². The summed E-state index contributed by atoms with van der Waals surface area (Å²) in [4.78, 5) is 4.92. The van der Waals surface area contributed by atoms with Crippen molar-refractivity contribution in [2.24, 2.45) is 5.92 Å². The lowest BCUT2D eigenvalue weighted by Crippen LogP contribution is -2.34. The number of nitrogens with one attached hydrogen (secondary N) is 1. The molecule has 20 heavy (non-hydrogen) atoms. The quantitative estimate of drug-likeness (QED) is 0.894. The number of fused-ring (bicyclic) bond motifs is 1. The van der Waals surface area contributed by atoms with Crippen LogP contribution in [0.2, 0.25) is 0 Å². The molecule has 0 saturated carbocycles. The zero-order valence-electron chi connectivity index (χ0n) is 13.2. The third kappa shape index (κ3) is 2.51. The van der Waals surface area contributed by atoms with Gasteiger partial charge in [0.15, 0.2) is 0 Å². The van der Waals surface area contributed by atoms with Gasteiger partial charge >= 0.3 is 0 Å². The third-order valence-corrected chi connectivity index (χ3v) is 4.94. The highest BCUT2D eigenvalue weighted by Gasteiger charge is 2.31. The normalized spacial score (nSPS) is 29.4. The maximum Gasteiger partial charge on any atom is 0.0376 e. The van der Waals surface area contributed by atoms with Crippen LogP contribution in [0.3, 0.4) is 0 Å². The molecule has 3 nitrogen and oxygen atoms in total. The summed E-state index contributed by atoms with van der Waals surface area (Å²) in [6, 6.07) is 8.24. The first-order chi connectivity index (χ1) is 9.54. The van der Waals surface area contributed by atoms with Crippen LogP contribution in [0.15, 0.2) is 18.2 Å². The highest BCUT2D eigenvalue weighted by atomic mass is 15.2. The van der Waals surface area contributed by atoms with Crippen molar-refractivity contribution in [3.8, 4) is 0 Å². The molecule has 2 aliphatic rings. The van der Waals surface area contributed by atoms with Gasteiger partial charge in [-0.3, -0.25) is 0 Å². The minimum absolute atomic E-state index is 0.610. The van der Waals surface area contributed by atoms with E-state index in [9.17, 15) is 0 Å². The highest BCUT2D eigenvalue weighted by molar-refractivity contribution is 5.62. The Bertz CT molecular complexity index is 483. The summed E-state index contributed by atoms with van der Waals surface area (Å²) < 4.78 is 0. The van der Waals surface area contributed by atoms with Gasteiger partial charge in [-0.25, -0.2) is 0 Å². The molecule has 0 bridgehead atoms. The van der Waals surface area contributed by atoms with Crippen molar-refractivity contribution in [2.45, 2.75) is 38.8 Å². The van der Waals surface area contributed by atoms with Crippen molar-refractivity contribution >= 4 is 11.4 Å². The smallest absolute Gasteiger partial charge is 0.0376 e. The van der Waals surface area contributed by atoms with E-state index in [0.29, 0.717) is 12.1 Å². The number of anilines is 2. The molecule has 0 aliphatic carbocycles. The third-order valence-electron chi connectivity index (χ3n) is 4.94. The molecular weight excluding hydrogens is 246 g/mol. The second-order valence-corrected chi connectivity index (χ2v) is 6.84. The SMILES string of the molecule is CC1CCc2cc(N3CC(C)C(N(C)C)C3)ccc2N1. The molecule has 0 radical (unpaired) electrons. The van der Waals surface area contributed by atoms with E-state index in [1.165, 1.54) is 36.3 Å². The summed E-state index contributed by atoms with van der Waals surface area (Å²) in [6.45, 7) is 6.95. The van der Waals surface area contributed by atoms with Crippen molar-refractivity contribution in [3.63, 3.8) is 0 Å². The Morgan fingerprint density at radius 2 is 2.00 bits per heavy atom.